The molecule has 0 amide bonds. The number of nitrogens with two attached hydrogens (primary N) is 1. The van der Waals surface area contributed by atoms with Crippen LogP contribution in [-0.2, 0) is 10.0 Å². The van der Waals surface area contributed by atoms with Gasteiger partial charge in [-0.15, -0.1) is 0 Å². The van der Waals surface area contributed by atoms with Crippen molar-refractivity contribution >= 4 is 27.0 Å². The van der Waals surface area contributed by atoms with Crippen LogP contribution >= 0.6 is 0 Å². The van der Waals surface area contributed by atoms with Crippen LogP contribution in [0.25, 0.3) is 21.5 Å². The summed E-state index contributed by atoms with van der Waals surface area (Å²) in [6, 6.07) is 4.08. The summed E-state index contributed by atoms with van der Waals surface area (Å²) in [6.45, 7) is 0. The van der Waals surface area contributed by atoms with Crippen molar-refractivity contribution in [3.05, 3.63) is 28.6 Å². The molecule has 1 aromatic heterocycles. The van der Waals surface area contributed by atoms with Crippen molar-refractivity contribution in [2.75, 3.05) is 5.73 Å². The van der Waals surface area contributed by atoms with Gasteiger partial charge >= 0.3 is 0 Å². The second kappa shape index (κ2) is 3.40. The van der Waals surface area contributed by atoms with Crippen LogP contribution in [0.1, 0.15) is 0 Å². The molecule has 0 aliphatic heterocycles. The second-order valence-electron chi connectivity index (χ2n) is 2.95. The van der Waals surface area contributed by atoms with E-state index in [0.29, 0.717) is 11.0 Å². The molecule has 0 atom stereocenters. The molecule has 8 nitrogen and oxygen atoms in total. The molecule has 2 rings (SSSR count). The Morgan fingerprint density at radius 1 is 1.50 bits per heavy atom. The Bertz CT molecular complexity index is 697. The molecular formula is C7H6N6O2S. The third-order valence-corrected chi connectivity index (χ3v) is 3.05. The lowest BCUT2D eigenvalue weighted by Gasteiger charge is -1.96. The number of hydrogen-bond donors (Lipinski definition) is 2. The van der Waals surface area contributed by atoms with E-state index in [9.17, 15) is 8.42 Å². The first-order chi connectivity index (χ1) is 7.53. The molecule has 0 spiro atoms. The van der Waals surface area contributed by atoms with Crippen LogP contribution in [0.5, 0.6) is 0 Å². The third-order valence-electron chi connectivity index (χ3n) is 1.91. The smallest absolute Gasteiger partial charge is 0.264 e. The SMILES string of the molecule is [N-]=[N+]=NS(=O)(=O)c1ccc2nc(N)[nH]c2c1. The second-order valence-corrected chi connectivity index (χ2v) is 4.53. The maximum atomic E-state index is 11.4. The molecule has 3 N–H and O–H groups in total. The zero-order valence-electron chi connectivity index (χ0n) is 7.82. The lowest BCUT2D eigenvalue weighted by atomic mass is 10.3. The monoisotopic (exact) mass is 238 g/mol. The molecule has 16 heavy (non-hydrogen) atoms. The summed E-state index contributed by atoms with van der Waals surface area (Å²) in [5.41, 5.74) is 14.5. The Kier molecular flexibility index (Phi) is 2.18. The van der Waals surface area contributed by atoms with Crippen LogP contribution in [0.15, 0.2) is 27.6 Å². The molecule has 0 bridgehead atoms. The number of nitrogens with one attached hydrogen (secondary N) is 1. The van der Waals surface area contributed by atoms with E-state index in [-0.39, 0.29) is 10.8 Å². The van der Waals surface area contributed by atoms with Gasteiger partial charge in [0.2, 0.25) is 0 Å². The van der Waals surface area contributed by atoms with Crippen molar-refractivity contribution in [2.45, 2.75) is 4.90 Å². The number of aromatic amines is 1. The Labute approximate surface area is 89.8 Å². The van der Waals surface area contributed by atoms with Gasteiger partial charge in [0, 0.05) is 9.43 Å². The molecule has 82 valence electrons. The third kappa shape index (κ3) is 1.64. The molecule has 0 saturated heterocycles. The predicted octanol–water partition coefficient (Wildman–Crippen LogP) is 1.14. The summed E-state index contributed by atoms with van der Waals surface area (Å²) in [5.74, 6) is 0.188. The first-order valence-electron chi connectivity index (χ1n) is 4.09. The van der Waals surface area contributed by atoms with Gasteiger partial charge in [-0.2, -0.15) is 0 Å². The largest absolute Gasteiger partial charge is 0.369 e. The van der Waals surface area contributed by atoms with Crippen LogP contribution < -0.4 is 5.73 Å². The number of hydrogen-bond acceptors (Lipinski definition) is 4. The van der Waals surface area contributed by atoms with Crippen LogP contribution in [-0.4, -0.2) is 18.4 Å². The van der Waals surface area contributed by atoms with Crippen LogP contribution in [0, 0.1) is 0 Å². The first kappa shape index (κ1) is 10.3. The van der Waals surface area contributed by atoms with Gasteiger partial charge in [0.1, 0.15) is 0 Å². The van der Waals surface area contributed by atoms with Gasteiger partial charge in [-0.25, -0.2) is 13.4 Å². The maximum Gasteiger partial charge on any atom is 0.264 e. The molecule has 0 unspecified atom stereocenters. The van der Waals surface area contributed by atoms with E-state index in [1.165, 1.54) is 18.2 Å². The number of aromatic nitrogens is 2. The maximum absolute atomic E-state index is 11.4. The average molecular weight is 238 g/mol. The zero-order chi connectivity index (χ0) is 11.8. The number of azide groups is 1. The lowest BCUT2D eigenvalue weighted by Crippen LogP contribution is -1.94. The number of benzene rings is 1. The van der Waals surface area contributed by atoms with Crippen molar-refractivity contribution < 1.29 is 8.42 Å². The van der Waals surface area contributed by atoms with E-state index >= 15 is 0 Å². The number of imidazole rings is 1. The number of anilines is 1. The molecule has 0 fully saturated rings. The molecule has 0 saturated carbocycles. The van der Waals surface area contributed by atoms with Gasteiger partial charge in [0.25, 0.3) is 10.0 Å². The van der Waals surface area contributed by atoms with Crippen molar-refractivity contribution in [3.63, 3.8) is 0 Å². The zero-order valence-corrected chi connectivity index (χ0v) is 8.64. The predicted molar refractivity (Wildman–Crippen MR) is 56.8 cm³/mol. The van der Waals surface area contributed by atoms with E-state index in [1.807, 2.05) is 0 Å². The van der Waals surface area contributed by atoms with Gasteiger partial charge in [-0.05, 0) is 23.7 Å². The first-order valence-corrected chi connectivity index (χ1v) is 5.53. The molecule has 0 aliphatic rings. The van der Waals surface area contributed by atoms with Gasteiger partial charge in [-0.1, -0.05) is 0 Å². The minimum Gasteiger partial charge on any atom is -0.369 e. The van der Waals surface area contributed by atoms with Crippen LogP contribution in [0.3, 0.4) is 0 Å². The Morgan fingerprint density at radius 2 is 2.25 bits per heavy atom. The number of rotatable bonds is 2. The standard InChI is InChI=1S/C7H6N6O2S/c8-7-10-5-2-1-4(3-6(5)11-7)16(14,15)13-12-9/h1-3H,(H3,8,10,11). The summed E-state index contributed by atoms with van der Waals surface area (Å²) < 4.78 is 25.5. The summed E-state index contributed by atoms with van der Waals surface area (Å²) >= 11 is 0. The lowest BCUT2D eigenvalue weighted by molar-refractivity contribution is 0.597. The highest BCUT2D eigenvalue weighted by Crippen LogP contribution is 2.19. The number of nitrogen functional groups attached to an aromatic ring is 1. The Hall–Kier alpha value is -2.25. The summed E-state index contributed by atoms with van der Waals surface area (Å²) in [4.78, 5) is 8.73. The van der Waals surface area contributed by atoms with Crippen molar-refractivity contribution in [3.8, 4) is 0 Å². The fraction of sp³-hybridized carbons (Fsp3) is 0. The van der Waals surface area contributed by atoms with E-state index in [0.717, 1.165) is 0 Å². The van der Waals surface area contributed by atoms with Crippen molar-refractivity contribution in [2.24, 2.45) is 4.52 Å². The van der Waals surface area contributed by atoms with E-state index in [4.69, 9.17) is 11.3 Å². The number of H-pyrrole nitrogens is 1. The normalized spacial score (nSPS) is 11.2. The van der Waals surface area contributed by atoms with E-state index in [2.05, 4.69) is 19.4 Å². The highest BCUT2D eigenvalue weighted by Gasteiger charge is 2.13. The van der Waals surface area contributed by atoms with E-state index < -0.39 is 10.0 Å². The van der Waals surface area contributed by atoms with Gasteiger partial charge < -0.3 is 10.7 Å². The van der Waals surface area contributed by atoms with E-state index in [1.54, 1.807) is 0 Å². The molecule has 1 aromatic carbocycles. The molecule has 2 aromatic rings. The molecular weight excluding hydrogens is 232 g/mol. The number of fused-ring (bicyclic) bond motifs is 1. The van der Waals surface area contributed by atoms with Crippen molar-refractivity contribution in [1.82, 2.24) is 9.97 Å². The van der Waals surface area contributed by atoms with Crippen LogP contribution in [0.4, 0.5) is 5.95 Å². The molecule has 9 heteroatoms. The summed E-state index contributed by atoms with van der Waals surface area (Å²) in [6.07, 6.45) is 0. The highest BCUT2D eigenvalue weighted by atomic mass is 32.2. The fourth-order valence-corrected chi connectivity index (χ4v) is 1.96. The Morgan fingerprint density at radius 3 is 2.94 bits per heavy atom. The average Bonchev–Trinajstić information content (AvgIpc) is 2.56. The van der Waals surface area contributed by atoms with Crippen molar-refractivity contribution in [1.29, 1.82) is 0 Å². The fourth-order valence-electron chi connectivity index (χ4n) is 1.26. The minimum atomic E-state index is -3.97. The van der Waals surface area contributed by atoms with Gasteiger partial charge in [0.05, 0.1) is 15.9 Å². The van der Waals surface area contributed by atoms with Crippen LogP contribution in [0.2, 0.25) is 0 Å². The summed E-state index contributed by atoms with van der Waals surface area (Å²) in [7, 11) is -3.97. The highest BCUT2D eigenvalue weighted by molar-refractivity contribution is 7.90. The molecule has 1 heterocycles. The molecule has 0 radical (unpaired) electrons. The number of nitrogens with zero attached hydrogens (tertiary/aromatic N) is 4. The minimum absolute atomic E-state index is 0.110. The Balaban J connectivity index is 2.67. The molecule has 0 aliphatic carbocycles. The quantitative estimate of drug-likeness (QED) is 0.460. The summed E-state index contributed by atoms with van der Waals surface area (Å²) in [5, 5.41) is 0. The number of sulfonamides is 1. The van der Waals surface area contributed by atoms with Gasteiger partial charge in [-0.3, -0.25) is 0 Å². The topological polar surface area (TPSA) is 138 Å². The van der Waals surface area contributed by atoms with Gasteiger partial charge in [0.15, 0.2) is 5.95 Å².